The van der Waals surface area contributed by atoms with Crippen molar-refractivity contribution in [3.63, 3.8) is 0 Å². The zero-order chi connectivity index (χ0) is 22.0. The van der Waals surface area contributed by atoms with Crippen LogP contribution in [0.2, 0.25) is 0 Å². The number of nitrogens with zero attached hydrogens (tertiary/aromatic N) is 5. The molecule has 7 heteroatoms. The first-order chi connectivity index (χ1) is 15.0. The molecular formula is C24H21N5O2. The van der Waals surface area contributed by atoms with Crippen LogP contribution in [0.4, 0.5) is 0 Å². The second-order valence-corrected chi connectivity index (χ2v) is 7.30. The lowest BCUT2D eigenvalue weighted by molar-refractivity contribution is 0.302. The molecule has 0 N–H and O–H groups in total. The van der Waals surface area contributed by atoms with E-state index in [4.69, 9.17) is 4.74 Å². The summed E-state index contributed by atoms with van der Waals surface area (Å²) in [6.07, 6.45) is 0. The van der Waals surface area contributed by atoms with Crippen LogP contribution in [0.5, 0.6) is 5.75 Å². The Morgan fingerprint density at radius 2 is 1.81 bits per heavy atom. The Hall–Kier alpha value is -4.18. The zero-order valence-corrected chi connectivity index (χ0v) is 17.5. The molecule has 0 unspecified atom stereocenters. The summed E-state index contributed by atoms with van der Waals surface area (Å²) in [5.41, 5.74) is 5.63. The highest BCUT2D eigenvalue weighted by Crippen LogP contribution is 2.29. The predicted molar refractivity (Wildman–Crippen MR) is 117 cm³/mol. The normalized spacial score (nSPS) is 10.6. The highest BCUT2D eigenvalue weighted by molar-refractivity contribution is 5.71. The van der Waals surface area contributed by atoms with Crippen LogP contribution in [0, 0.1) is 25.2 Å². The molecule has 31 heavy (non-hydrogen) atoms. The van der Waals surface area contributed by atoms with Gasteiger partial charge < -0.3 is 4.74 Å². The minimum Gasteiger partial charge on any atom is -0.489 e. The topological polar surface area (TPSA) is 85.7 Å². The molecule has 0 saturated heterocycles. The van der Waals surface area contributed by atoms with Gasteiger partial charge in [0.1, 0.15) is 12.4 Å². The number of aryl methyl sites for hydroxylation is 3. The van der Waals surface area contributed by atoms with Crippen LogP contribution in [0.15, 0.2) is 65.5 Å². The van der Waals surface area contributed by atoms with Gasteiger partial charge in [-0.3, -0.25) is 0 Å². The molecule has 0 bridgehead atoms. The average molecular weight is 411 g/mol. The quantitative estimate of drug-likeness (QED) is 0.500. The molecule has 0 amide bonds. The van der Waals surface area contributed by atoms with Crippen LogP contribution >= 0.6 is 0 Å². The summed E-state index contributed by atoms with van der Waals surface area (Å²) in [5.74, 6) is 0.735. The van der Waals surface area contributed by atoms with Crippen molar-refractivity contribution >= 4 is 0 Å². The third-order valence-electron chi connectivity index (χ3n) is 5.24. The van der Waals surface area contributed by atoms with Crippen molar-refractivity contribution < 1.29 is 4.74 Å². The minimum absolute atomic E-state index is 0.278. The summed E-state index contributed by atoms with van der Waals surface area (Å²) in [6, 6.07) is 21.3. The lowest BCUT2D eigenvalue weighted by Crippen LogP contribution is -2.23. The maximum Gasteiger partial charge on any atom is 0.368 e. The third kappa shape index (κ3) is 3.83. The van der Waals surface area contributed by atoms with Gasteiger partial charge in [0.15, 0.2) is 0 Å². The van der Waals surface area contributed by atoms with Crippen LogP contribution in [0.1, 0.15) is 22.3 Å². The molecule has 7 nitrogen and oxygen atoms in total. The van der Waals surface area contributed by atoms with E-state index in [0.717, 1.165) is 33.6 Å². The summed E-state index contributed by atoms with van der Waals surface area (Å²) in [7, 11) is 1.56. The van der Waals surface area contributed by atoms with E-state index in [-0.39, 0.29) is 12.3 Å². The highest BCUT2D eigenvalue weighted by Gasteiger charge is 2.14. The second kappa shape index (κ2) is 8.28. The molecule has 4 rings (SSSR count). The maximum atomic E-state index is 12.3. The molecule has 0 aliphatic heterocycles. The number of hydrogen-bond donors (Lipinski definition) is 0. The first-order valence-electron chi connectivity index (χ1n) is 9.80. The standard InChI is InChI=1S/C24H21N5O2/c1-16-7-6-10-22(29-24(30)28(3)26-27-29)21(16)15-31-23-12-11-18(13-17(23)2)20-9-5-4-8-19(20)14-25/h4-13H,15H2,1-3H3. The monoisotopic (exact) mass is 411 g/mol. The Bertz CT molecular complexity index is 1360. The molecule has 0 saturated carbocycles. The number of aromatic nitrogens is 4. The van der Waals surface area contributed by atoms with Crippen LogP contribution < -0.4 is 10.4 Å². The van der Waals surface area contributed by atoms with Crippen molar-refractivity contribution in [3.05, 3.63) is 93.4 Å². The number of nitriles is 1. The molecule has 0 aliphatic rings. The van der Waals surface area contributed by atoms with E-state index in [0.29, 0.717) is 11.3 Å². The van der Waals surface area contributed by atoms with Crippen LogP contribution in [-0.4, -0.2) is 19.8 Å². The van der Waals surface area contributed by atoms with Crippen molar-refractivity contribution in [3.8, 4) is 28.6 Å². The lowest BCUT2D eigenvalue weighted by atomic mass is 9.98. The first-order valence-corrected chi connectivity index (χ1v) is 9.80. The molecule has 0 aliphatic carbocycles. The minimum atomic E-state index is -0.316. The predicted octanol–water partition coefficient (Wildman–Crippen LogP) is 3.70. The van der Waals surface area contributed by atoms with Gasteiger partial charge in [-0.2, -0.15) is 14.6 Å². The van der Waals surface area contributed by atoms with Crippen LogP contribution in [0.25, 0.3) is 16.8 Å². The van der Waals surface area contributed by atoms with Gasteiger partial charge in [-0.05, 0) is 70.8 Å². The van der Waals surface area contributed by atoms with E-state index in [1.54, 1.807) is 7.05 Å². The Labute approximate surface area is 179 Å². The van der Waals surface area contributed by atoms with Gasteiger partial charge in [0.05, 0.1) is 17.3 Å². The summed E-state index contributed by atoms with van der Waals surface area (Å²) in [6.45, 7) is 4.22. The number of ether oxygens (including phenoxy) is 1. The van der Waals surface area contributed by atoms with Gasteiger partial charge in [0.2, 0.25) is 0 Å². The van der Waals surface area contributed by atoms with Gasteiger partial charge in [0.25, 0.3) is 0 Å². The van der Waals surface area contributed by atoms with Crippen LogP contribution in [-0.2, 0) is 13.7 Å². The van der Waals surface area contributed by atoms with E-state index in [2.05, 4.69) is 16.5 Å². The summed E-state index contributed by atoms with van der Waals surface area (Å²) in [4.78, 5) is 12.3. The number of hydrogen-bond acceptors (Lipinski definition) is 5. The molecule has 1 aromatic heterocycles. The molecule has 0 spiro atoms. The average Bonchev–Trinajstić information content (AvgIpc) is 3.11. The van der Waals surface area contributed by atoms with Crippen molar-refractivity contribution in [1.82, 2.24) is 19.8 Å². The van der Waals surface area contributed by atoms with Crippen LogP contribution in [0.3, 0.4) is 0 Å². The molecule has 3 aromatic carbocycles. The Morgan fingerprint density at radius 3 is 2.52 bits per heavy atom. The van der Waals surface area contributed by atoms with Gasteiger partial charge in [-0.25, -0.2) is 4.79 Å². The van der Waals surface area contributed by atoms with Crippen molar-refractivity contribution in [2.75, 3.05) is 0 Å². The van der Waals surface area contributed by atoms with E-state index >= 15 is 0 Å². The van der Waals surface area contributed by atoms with Gasteiger partial charge in [0, 0.05) is 12.6 Å². The smallest absolute Gasteiger partial charge is 0.368 e. The number of tetrazole rings is 1. The molecule has 1 heterocycles. The van der Waals surface area contributed by atoms with Gasteiger partial charge in [-0.15, -0.1) is 0 Å². The molecule has 0 atom stereocenters. The number of rotatable bonds is 5. The molecule has 0 radical (unpaired) electrons. The Balaban J connectivity index is 1.63. The fourth-order valence-electron chi connectivity index (χ4n) is 3.50. The van der Waals surface area contributed by atoms with Gasteiger partial charge in [-0.1, -0.05) is 36.4 Å². The summed E-state index contributed by atoms with van der Waals surface area (Å²) < 4.78 is 8.59. The lowest BCUT2D eigenvalue weighted by Gasteiger charge is -2.15. The fourth-order valence-corrected chi connectivity index (χ4v) is 3.50. The van der Waals surface area contributed by atoms with E-state index in [1.165, 1.54) is 9.36 Å². The largest absolute Gasteiger partial charge is 0.489 e. The number of benzene rings is 3. The Morgan fingerprint density at radius 1 is 1.00 bits per heavy atom. The summed E-state index contributed by atoms with van der Waals surface area (Å²) >= 11 is 0. The zero-order valence-electron chi connectivity index (χ0n) is 17.5. The van der Waals surface area contributed by atoms with E-state index < -0.39 is 0 Å². The molecule has 0 fully saturated rings. The Kier molecular flexibility index (Phi) is 5.37. The van der Waals surface area contributed by atoms with E-state index in [1.807, 2.05) is 74.5 Å². The van der Waals surface area contributed by atoms with Gasteiger partial charge >= 0.3 is 5.69 Å². The van der Waals surface area contributed by atoms with Crippen molar-refractivity contribution in [2.45, 2.75) is 20.5 Å². The van der Waals surface area contributed by atoms with Crippen molar-refractivity contribution in [2.24, 2.45) is 7.05 Å². The second-order valence-electron chi connectivity index (χ2n) is 7.30. The molecular weight excluding hydrogens is 390 g/mol. The summed E-state index contributed by atoms with van der Waals surface area (Å²) in [5, 5.41) is 17.1. The van der Waals surface area contributed by atoms with Crippen molar-refractivity contribution in [1.29, 1.82) is 5.26 Å². The highest BCUT2D eigenvalue weighted by atomic mass is 16.5. The maximum absolute atomic E-state index is 12.3. The van der Waals surface area contributed by atoms with E-state index in [9.17, 15) is 10.1 Å². The molecule has 154 valence electrons. The first kappa shape index (κ1) is 20.1. The fraction of sp³-hybridized carbons (Fsp3) is 0.167. The third-order valence-corrected chi connectivity index (χ3v) is 5.24. The SMILES string of the molecule is Cc1cc(-c2ccccc2C#N)ccc1OCc1c(C)cccc1-n1nnn(C)c1=O. The molecule has 4 aromatic rings.